The fourth-order valence-corrected chi connectivity index (χ4v) is 6.03. The average Bonchev–Trinajstić information content (AvgIpc) is 2.95. The number of rotatable bonds is 6. The van der Waals surface area contributed by atoms with Gasteiger partial charge in [0.05, 0.1) is 12.0 Å². The topological polar surface area (TPSA) is 119 Å². The zero-order chi connectivity index (χ0) is 27.7. The number of carbonyl (C=O) groups excluding carboxylic acids is 5. The van der Waals surface area contributed by atoms with Gasteiger partial charge in [0.2, 0.25) is 11.8 Å². The number of fused-ring (bicyclic) bond motifs is 3. The van der Waals surface area contributed by atoms with Gasteiger partial charge in [0.25, 0.3) is 0 Å². The summed E-state index contributed by atoms with van der Waals surface area (Å²) in [6.07, 6.45) is 5.49. The van der Waals surface area contributed by atoms with Crippen molar-refractivity contribution in [2.24, 2.45) is 23.7 Å². The molecule has 0 saturated carbocycles. The van der Waals surface area contributed by atoms with Crippen LogP contribution >= 0.6 is 23.5 Å². The molecular weight excluding hydrogens is 512 g/mol. The first kappa shape index (κ1) is 31.4. The molecule has 2 heterocycles. The highest BCUT2D eigenvalue weighted by Gasteiger charge is 2.39. The maximum Gasteiger partial charge on any atom is 0.329 e. The van der Waals surface area contributed by atoms with Gasteiger partial charge in [-0.15, -0.1) is 0 Å². The zero-order valence-corrected chi connectivity index (χ0v) is 24.4. The first-order valence-electron chi connectivity index (χ1n) is 13.1. The summed E-state index contributed by atoms with van der Waals surface area (Å²) in [6, 6.07) is -1.63. The molecule has 208 valence electrons. The minimum absolute atomic E-state index is 0.00632. The van der Waals surface area contributed by atoms with Crippen LogP contribution in [0.3, 0.4) is 0 Å². The van der Waals surface area contributed by atoms with Crippen LogP contribution in [0.4, 0.5) is 0 Å². The summed E-state index contributed by atoms with van der Waals surface area (Å²) in [4.78, 5) is 65.8. The lowest BCUT2D eigenvalue weighted by Crippen LogP contribution is -2.50. The molecule has 0 spiro atoms. The monoisotopic (exact) mass is 554 g/mol. The molecule has 6 atom stereocenters. The number of carbonyl (C=O) groups is 5. The van der Waals surface area contributed by atoms with E-state index in [2.05, 4.69) is 10.6 Å². The summed E-state index contributed by atoms with van der Waals surface area (Å²) in [5, 5.41) is 5.49. The second kappa shape index (κ2) is 15.0. The highest BCUT2D eigenvalue weighted by Crippen LogP contribution is 2.29. The summed E-state index contributed by atoms with van der Waals surface area (Å²) in [5.41, 5.74) is 0. The lowest BCUT2D eigenvalue weighted by molar-refractivity contribution is -0.153. The molecular formula is C27H42N2O6S2. The largest absolute Gasteiger partial charge is 0.456 e. The fourth-order valence-electron chi connectivity index (χ4n) is 4.44. The van der Waals surface area contributed by atoms with Crippen molar-refractivity contribution in [3.63, 3.8) is 0 Å². The van der Waals surface area contributed by atoms with Crippen LogP contribution in [0.25, 0.3) is 0 Å². The maximum absolute atomic E-state index is 13.3. The Morgan fingerprint density at radius 2 is 1.70 bits per heavy atom. The van der Waals surface area contributed by atoms with Crippen LogP contribution in [0, 0.1) is 23.7 Å². The van der Waals surface area contributed by atoms with Gasteiger partial charge in [0.1, 0.15) is 17.9 Å². The molecule has 2 aliphatic rings. The third-order valence-electron chi connectivity index (χ3n) is 6.90. The molecule has 2 N–H and O–H groups in total. The third-order valence-corrected chi connectivity index (χ3v) is 8.92. The SMILES string of the molecule is CSCC/C=C/[C@H]1CC(=O)C[C@H](C(C)C)C(=O)N[C@H]2CSC(C)C(CC2=O)C(=O)N[C@@H](C(C)C)C(=O)O1. The van der Waals surface area contributed by atoms with Crippen molar-refractivity contribution < 1.29 is 28.7 Å². The van der Waals surface area contributed by atoms with E-state index in [9.17, 15) is 24.0 Å². The highest BCUT2D eigenvalue weighted by molar-refractivity contribution is 8.00. The van der Waals surface area contributed by atoms with Crippen LogP contribution in [0.15, 0.2) is 12.2 Å². The Morgan fingerprint density at radius 3 is 2.32 bits per heavy atom. The molecule has 2 fully saturated rings. The van der Waals surface area contributed by atoms with Crippen LogP contribution in [0.5, 0.6) is 0 Å². The van der Waals surface area contributed by atoms with Gasteiger partial charge in [-0.3, -0.25) is 19.2 Å². The lowest BCUT2D eigenvalue weighted by atomic mass is 9.88. The van der Waals surface area contributed by atoms with E-state index in [0.29, 0.717) is 5.75 Å². The third kappa shape index (κ3) is 9.46. The molecule has 2 amide bonds. The van der Waals surface area contributed by atoms with E-state index in [1.807, 2.05) is 47.0 Å². The van der Waals surface area contributed by atoms with Gasteiger partial charge in [0.15, 0.2) is 5.78 Å². The Balaban J connectivity index is 2.43. The minimum atomic E-state index is -0.910. The van der Waals surface area contributed by atoms with E-state index in [1.54, 1.807) is 17.8 Å². The number of ketones is 2. The molecule has 0 aromatic carbocycles. The number of nitrogens with one attached hydrogen (secondary N) is 2. The van der Waals surface area contributed by atoms with E-state index >= 15 is 0 Å². The van der Waals surface area contributed by atoms with E-state index in [1.165, 1.54) is 11.8 Å². The van der Waals surface area contributed by atoms with Gasteiger partial charge in [-0.1, -0.05) is 40.7 Å². The molecule has 10 heteroatoms. The van der Waals surface area contributed by atoms with Gasteiger partial charge in [-0.2, -0.15) is 23.5 Å². The molecule has 37 heavy (non-hydrogen) atoms. The molecule has 0 aliphatic carbocycles. The molecule has 2 unspecified atom stereocenters. The smallest absolute Gasteiger partial charge is 0.329 e. The van der Waals surface area contributed by atoms with Crippen molar-refractivity contribution in [2.45, 2.75) is 83.7 Å². The molecule has 0 radical (unpaired) electrons. The van der Waals surface area contributed by atoms with Gasteiger partial charge in [-0.25, -0.2) is 4.79 Å². The second-order valence-electron chi connectivity index (χ2n) is 10.6. The minimum Gasteiger partial charge on any atom is -0.456 e. The van der Waals surface area contributed by atoms with Crippen molar-refractivity contribution >= 4 is 52.9 Å². The maximum atomic E-state index is 13.3. The van der Waals surface area contributed by atoms with Crippen molar-refractivity contribution in [1.82, 2.24) is 10.6 Å². The Labute approximate surface area is 229 Å². The van der Waals surface area contributed by atoms with Crippen LogP contribution in [-0.2, 0) is 28.7 Å². The molecule has 0 aromatic heterocycles. The van der Waals surface area contributed by atoms with Crippen LogP contribution in [-0.4, -0.2) is 70.5 Å². The van der Waals surface area contributed by atoms with Crippen molar-refractivity contribution in [3.05, 3.63) is 12.2 Å². The van der Waals surface area contributed by atoms with Gasteiger partial charge >= 0.3 is 5.97 Å². The van der Waals surface area contributed by atoms with E-state index in [0.717, 1.165) is 12.2 Å². The van der Waals surface area contributed by atoms with Crippen molar-refractivity contribution in [1.29, 1.82) is 0 Å². The van der Waals surface area contributed by atoms with Crippen molar-refractivity contribution in [3.8, 4) is 0 Å². The van der Waals surface area contributed by atoms with Gasteiger partial charge in [-0.05, 0) is 36.3 Å². The predicted molar refractivity (Wildman–Crippen MR) is 148 cm³/mol. The standard InChI is InChI=1S/C27H42N2O6S2/c1-15(2)20-12-18(30)11-19(9-7-8-10-36-6)35-27(34)24(16(3)4)29-26(33)21-13-23(31)22(28-25(20)32)14-37-17(21)5/h7,9,15-17,19-22,24H,8,10-14H2,1-6H3,(H,28,32)(H,29,33)/b9-7+/t17?,19-,20+,21?,22-,24-/m0/s1. The van der Waals surface area contributed by atoms with E-state index in [4.69, 9.17) is 4.74 Å². The van der Waals surface area contributed by atoms with Gasteiger partial charge < -0.3 is 15.4 Å². The second-order valence-corrected chi connectivity index (χ2v) is 13.0. The summed E-state index contributed by atoms with van der Waals surface area (Å²) < 4.78 is 5.76. The number of ether oxygens (including phenoxy) is 1. The Kier molecular flexibility index (Phi) is 12.7. The summed E-state index contributed by atoms with van der Waals surface area (Å²) in [7, 11) is 0. The molecule has 0 aromatic rings. The zero-order valence-electron chi connectivity index (χ0n) is 22.8. The van der Waals surface area contributed by atoms with Crippen LogP contribution in [0.1, 0.15) is 60.3 Å². The normalized spacial score (nSPS) is 31.0. The number of hydrogen-bond acceptors (Lipinski definition) is 8. The Hall–Kier alpha value is -1.81. The number of allylic oxidation sites excluding steroid dienone is 1. The predicted octanol–water partition coefficient (Wildman–Crippen LogP) is 3.18. The Bertz CT molecular complexity index is 875. The fraction of sp³-hybridized carbons (Fsp3) is 0.741. The molecule has 2 aliphatic heterocycles. The molecule has 2 saturated heterocycles. The summed E-state index contributed by atoms with van der Waals surface area (Å²) in [5.74, 6) is -2.14. The molecule has 8 nitrogen and oxygen atoms in total. The molecule has 2 bridgehead atoms. The summed E-state index contributed by atoms with van der Waals surface area (Å²) >= 11 is 3.14. The number of hydrogen-bond donors (Lipinski definition) is 2. The lowest BCUT2D eigenvalue weighted by Gasteiger charge is -2.27. The number of cyclic esters (lactones) is 1. The van der Waals surface area contributed by atoms with Gasteiger partial charge in [0, 0.05) is 36.2 Å². The average molecular weight is 555 g/mol. The van der Waals surface area contributed by atoms with E-state index < -0.39 is 36.0 Å². The number of Topliss-reactive ketones (excluding diaryl/α,β-unsaturated/α-hetero) is 2. The summed E-state index contributed by atoms with van der Waals surface area (Å²) in [6.45, 7) is 9.25. The highest BCUT2D eigenvalue weighted by atomic mass is 32.2. The van der Waals surface area contributed by atoms with Crippen molar-refractivity contribution in [2.75, 3.05) is 17.8 Å². The number of esters is 1. The first-order chi connectivity index (χ1) is 17.4. The van der Waals surface area contributed by atoms with Crippen LogP contribution < -0.4 is 10.6 Å². The number of thioether (sulfide) groups is 2. The van der Waals surface area contributed by atoms with Crippen LogP contribution in [0.2, 0.25) is 0 Å². The number of amides is 2. The molecule has 2 rings (SSSR count). The first-order valence-corrected chi connectivity index (χ1v) is 15.5. The van der Waals surface area contributed by atoms with E-state index in [-0.39, 0.29) is 59.7 Å². The quantitative estimate of drug-likeness (QED) is 0.292. The Morgan fingerprint density at radius 1 is 1.00 bits per heavy atom.